The van der Waals surface area contributed by atoms with Gasteiger partial charge in [-0.1, -0.05) is 6.92 Å². The van der Waals surface area contributed by atoms with Gasteiger partial charge in [0, 0.05) is 37.1 Å². The molecule has 0 saturated carbocycles. The molecule has 0 bridgehead atoms. The van der Waals surface area contributed by atoms with Crippen molar-refractivity contribution >= 4 is 41.3 Å². The van der Waals surface area contributed by atoms with Crippen LogP contribution in [0.2, 0.25) is 0 Å². The summed E-state index contributed by atoms with van der Waals surface area (Å²) in [5, 5.41) is 7.96. The molecule has 0 aromatic carbocycles. The highest BCUT2D eigenvalue weighted by Crippen LogP contribution is 2.20. The van der Waals surface area contributed by atoms with E-state index < -0.39 is 0 Å². The Hall–Kier alpha value is -0.410. The average Bonchev–Trinajstić information content (AvgIpc) is 3.01. The summed E-state index contributed by atoms with van der Waals surface area (Å²) < 4.78 is 0. The Bertz CT molecular complexity index is 497. The lowest BCUT2D eigenvalue weighted by Crippen LogP contribution is -2.38. The molecule has 5 nitrogen and oxygen atoms in total. The van der Waals surface area contributed by atoms with Crippen molar-refractivity contribution in [2.75, 3.05) is 39.3 Å². The molecule has 1 aliphatic heterocycles. The third kappa shape index (κ3) is 8.68. The number of nitrogens with zero attached hydrogens (tertiary/aromatic N) is 3. The largest absolute Gasteiger partial charge is 0.357 e. The van der Waals surface area contributed by atoms with Crippen LogP contribution in [0.3, 0.4) is 0 Å². The molecule has 0 radical (unpaired) electrons. The van der Waals surface area contributed by atoms with Crippen molar-refractivity contribution in [3.8, 4) is 0 Å². The maximum absolute atomic E-state index is 4.75. The van der Waals surface area contributed by atoms with Crippen molar-refractivity contribution in [2.45, 2.75) is 46.5 Å². The fourth-order valence-electron chi connectivity index (χ4n) is 3.10. The molecule has 0 atom stereocenters. The molecule has 1 saturated heterocycles. The first-order valence-corrected chi connectivity index (χ1v) is 10.2. The second kappa shape index (κ2) is 12.9. The Morgan fingerprint density at radius 2 is 2.08 bits per heavy atom. The van der Waals surface area contributed by atoms with Crippen LogP contribution >= 0.6 is 35.3 Å². The molecule has 1 aliphatic rings. The van der Waals surface area contributed by atoms with Gasteiger partial charge in [0.1, 0.15) is 0 Å². The Kier molecular flexibility index (Phi) is 11.6. The summed E-state index contributed by atoms with van der Waals surface area (Å²) in [7, 11) is 0. The van der Waals surface area contributed by atoms with Crippen molar-refractivity contribution in [3.05, 3.63) is 16.1 Å². The van der Waals surface area contributed by atoms with Crippen molar-refractivity contribution in [3.63, 3.8) is 0 Å². The number of halogens is 1. The lowest BCUT2D eigenvalue weighted by atomic mass is 9.94. The Morgan fingerprint density at radius 1 is 1.32 bits per heavy atom. The summed E-state index contributed by atoms with van der Waals surface area (Å²) in [5.74, 6) is 1.79. The highest BCUT2D eigenvalue weighted by molar-refractivity contribution is 14.0. The number of nitrogens with one attached hydrogen (secondary N) is 2. The van der Waals surface area contributed by atoms with Crippen LogP contribution in [-0.4, -0.2) is 55.1 Å². The van der Waals surface area contributed by atoms with Crippen LogP contribution in [0, 0.1) is 12.8 Å². The standard InChI is InChI=1S/C18H33N5S.HI/c1-4-19-18(21-11-7-17-22-14-15(3)24-17)20-10-6-16-8-12-23(5-2)13-9-16;/h14,16H,4-13H2,1-3H3,(H2,19,20,21);1H. The SMILES string of the molecule is CCNC(=NCCC1CCN(CC)CC1)NCCc1ncc(C)s1.I. The first kappa shape index (κ1) is 22.6. The first-order valence-electron chi connectivity index (χ1n) is 9.37. The van der Waals surface area contributed by atoms with E-state index in [4.69, 9.17) is 4.99 Å². The van der Waals surface area contributed by atoms with Gasteiger partial charge in [-0.3, -0.25) is 4.99 Å². The highest BCUT2D eigenvalue weighted by atomic mass is 127. The molecule has 0 unspecified atom stereocenters. The van der Waals surface area contributed by atoms with Crippen LogP contribution < -0.4 is 10.6 Å². The Labute approximate surface area is 174 Å². The zero-order valence-corrected chi connectivity index (χ0v) is 19.0. The topological polar surface area (TPSA) is 52.6 Å². The van der Waals surface area contributed by atoms with Crippen LogP contribution in [0.4, 0.5) is 0 Å². The number of rotatable bonds is 8. The minimum Gasteiger partial charge on any atom is -0.357 e. The number of thiazole rings is 1. The maximum atomic E-state index is 4.75. The lowest BCUT2D eigenvalue weighted by molar-refractivity contribution is 0.188. The van der Waals surface area contributed by atoms with Crippen LogP contribution in [-0.2, 0) is 6.42 Å². The normalized spacial score (nSPS) is 16.5. The second-order valence-electron chi connectivity index (χ2n) is 6.47. The maximum Gasteiger partial charge on any atom is 0.191 e. The molecule has 0 spiro atoms. The molecule has 2 heterocycles. The van der Waals surface area contributed by atoms with E-state index in [1.54, 1.807) is 11.3 Å². The van der Waals surface area contributed by atoms with E-state index in [0.29, 0.717) is 0 Å². The van der Waals surface area contributed by atoms with Gasteiger partial charge in [0.2, 0.25) is 0 Å². The second-order valence-corrected chi connectivity index (χ2v) is 7.79. The van der Waals surface area contributed by atoms with Gasteiger partial charge in [0.05, 0.1) is 5.01 Å². The third-order valence-corrected chi connectivity index (χ3v) is 5.58. The minimum absolute atomic E-state index is 0. The zero-order valence-electron chi connectivity index (χ0n) is 15.9. The molecular weight excluding hydrogens is 445 g/mol. The number of piperidine rings is 1. The van der Waals surface area contributed by atoms with E-state index in [2.05, 4.69) is 41.3 Å². The summed E-state index contributed by atoms with van der Waals surface area (Å²) in [4.78, 5) is 13.0. The van der Waals surface area contributed by atoms with Gasteiger partial charge in [-0.05, 0) is 58.7 Å². The first-order chi connectivity index (χ1) is 11.7. The van der Waals surface area contributed by atoms with E-state index in [1.165, 1.54) is 48.8 Å². The average molecular weight is 479 g/mol. The van der Waals surface area contributed by atoms with Crippen molar-refractivity contribution in [1.82, 2.24) is 20.5 Å². The van der Waals surface area contributed by atoms with Crippen LogP contribution in [0.5, 0.6) is 0 Å². The summed E-state index contributed by atoms with van der Waals surface area (Å²) in [6, 6.07) is 0. The summed E-state index contributed by atoms with van der Waals surface area (Å²) in [5.41, 5.74) is 0. The van der Waals surface area contributed by atoms with Gasteiger partial charge in [-0.15, -0.1) is 35.3 Å². The Morgan fingerprint density at radius 3 is 2.68 bits per heavy atom. The lowest BCUT2D eigenvalue weighted by Gasteiger charge is -2.30. The monoisotopic (exact) mass is 479 g/mol. The van der Waals surface area contributed by atoms with Gasteiger partial charge in [-0.25, -0.2) is 4.98 Å². The summed E-state index contributed by atoms with van der Waals surface area (Å²) in [6.07, 6.45) is 6.77. The minimum atomic E-state index is 0. The van der Waals surface area contributed by atoms with E-state index in [0.717, 1.165) is 37.9 Å². The van der Waals surface area contributed by atoms with Crippen molar-refractivity contribution in [2.24, 2.45) is 10.9 Å². The molecule has 1 aromatic rings. The van der Waals surface area contributed by atoms with Gasteiger partial charge in [0.15, 0.2) is 5.96 Å². The number of guanidine groups is 1. The Balaban J connectivity index is 0.00000312. The fourth-order valence-corrected chi connectivity index (χ4v) is 3.88. The van der Waals surface area contributed by atoms with Gasteiger partial charge in [-0.2, -0.15) is 0 Å². The molecule has 2 N–H and O–H groups in total. The molecule has 1 fully saturated rings. The molecule has 0 amide bonds. The molecule has 1 aromatic heterocycles. The van der Waals surface area contributed by atoms with Crippen molar-refractivity contribution in [1.29, 1.82) is 0 Å². The van der Waals surface area contributed by atoms with Gasteiger partial charge < -0.3 is 15.5 Å². The number of aliphatic imine (C=N–C) groups is 1. The predicted molar refractivity (Wildman–Crippen MR) is 119 cm³/mol. The van der Waals surface area contributed by atoms with Crippen LogP contribution in [0.25, 0.3) is 0 Å². The number of aryl methyl sites for hydroxylation is 1. The van der Waals surface area contributed by atoms with E-state index in [1.807, 2.05) is 6.20 Å². The van der Waals surface area contributed by atoms with Gasteiger partial charge in [0.25, 0.3) is 0 Å². The molecule has 2 rings (SSSR count). The van der Waals surface area contributed by atoms with E-state index in [9.17, 15) is 0 Å². The number of likely N-dealkylation sites (tertiary alicyclic amines) is 1. The van der Waals surface area contributed by atoms with E-state index >= 15 is 0 Å². The predicted octanol–water partition coefficient (Wildman–Crippen LogP) is 3.29. The molecule has 144 valence electrons. The number of aromatic nitrogens is 1. The zero-order chi connectivity index (χ0) is 17.2. The molecule has 7 heteroatoms. The smallest absolute Gasteiger partial charge is 0.191 e. The molecule has 25 heavy (non-hydrogen) atoms. The van der Waals surface area contributed by atoms with Crippen molar-refractivity contribution < 1.29 is 0 Å². The highest BCUT2D eigenvalue weighted by Gasteiger charge is 2.17. The quantitative estimate of drug-likeness (QED) is 0.342. The van der Waals surface area contributed by atoms with E-state index in [-0.39, 0.29) is 24.0 Å². The third-order valence-electron chi connectivity index (χ3n) is 4.61. The van der Waals surface area contributed by atoms with Crippen LogP contribution in [0.1, 0.15) is 43.0 Å². The number of hydrogen-bond donors (Lipinski definition) is 2. The summed E-state index contributed by atoms with van der Waals surface area (Å²) in [6.45, 7) is 12.9. The molecular formula is C18H34IN5S. The number of hydrogen-bond acceptors (Lipinski definition) is 4. The van der Waals surface area contributed by atoms with Crippen LogP contribution in [0.15, 0.2) is 11.2 Å². The van der Waals surface area contributed by atoms with Gasteiger partial charge >= 0.3 is 0 Å². The summed E-state index contributed by atoms with van der Waals surface area (Å²) >= 11 is 1.78. The fraction of sp³-hybridized carbons (Fsp3) is 0.778. The molecule has 0 aliphatic carbocycles.